The van der Waals surface area contributed by atoms with Crippen LogP contribution in [0.5, 0.6) is 0 Å². The Labute approximate surface area is 189 Å². The van der Waals surface area contributed by atoms with Gasteiger partial charge in [0.1, 0.15) is 0 Å². The summed E-state index contributed by atoms with van der Waals surface area (Å²) < 4.78 is 0. The summed E-state index contributed by atoms with van der Waals surface area (Å²) in [6.07, 6.45) is 6.04. The minimum absolute atomic E-state index is 0.117. The second-order valence-electron chi connectivity index (χ2n) is 9.51. The molecular weight excluding hydrogens is 410 g/mol. The average Bonchev–Trinajstić information content (AvgIpc) is 3.21. The van der Waals surface area contributed by atoms with E-state index in [2.05, 4.69) is 26.5 Å². The molecule has 31 heavy (non-hydrogen) atoms. The predicted octanol–water partition coefficient (Wildman–Crippen LogP) is 1.86. The molecule has 1 atom stereocenters. The van der Waals surface area contributed by atoms with E-state index < -0.39 is 0 Å². The fourth-order valence-corrected chi connectivity index (χ4v) is 6.52. The summed E-state index contributed by atoms with van der Waals surface area (Å²) in [5.41, 5.74) is 1.20. The molecule has 3 fully saturated rings. The number of aryl methyl sites for hydroxylation is 1. The molecule has 2 aliphatic carbocycles. The second-order valence-corrected chi connectivity index (χ2v) is 10.6. The Balaban J connectivity index is 1.16. The van der Waals surface area contributed by atoms with Crippen LogP contribution in [-0.2, 0) is 22.4 Å². The Bertz CT molecular complexity index is 807. The standard InChI is InChI=1S/C23H35N5O2S/c1-2-25-8-10-26(11-9-25)22(30)18-6-7-19-20(16-18)31-23(24-19)28-14-12-27(13-15-28)21(29)17-4-3-5-17/h17-18H,2-16H2,1H3/t18-/m0/s1. The highest BCUT2D eigenvalue weighted by Crippen LogP contribution is 2.35. The fourth-order valence-electron chi connectivity index (χ4n) is 5.28. The molecule has 0 aromatic carbocycles. The molecule has 1 aromatic heterocycles. The van der Waals surface area contributed by atoms with Gasteiger partial charge in [0.2, 0.25) is 11.8 Å². The molecule has 7 nitrogen and oxygen atoms in total. The van der Waals surface area contributed by atoms with Gasteiger partial charge in [0.05, 0.1) is 5.69 Å². The smallest absolute Gasteiger partial charge is 0.226 e. The first-order chi connectivity index (χ1) is 15.1. The van der Waals surface area contributed by atoms with Crippen LogP contribution < -0.4 is 4.90 Å². The van der Waals surface area contributed by atoms with Crippen LogP contribution in [0, 0.1) is 11.8 Å². The summed E-state index contributed by atoms with van der Waals surface area (Å²) >= 11 is 1.78. The minimum atomic E-state index is 0.117. The van der Waals surface area contributed by atoms with Gasteiger partial charge in [-0.05, 0) is 38.6 Å². The van der Waals surface area contributed by atoms with E-state index in [-0.39, 0.29) is 11.8 Å². The van der Waals surface area contributed by atoms with Gasteiger partial charge in [-0.3, -0.25) is 9.59 Å². The Hall–Kier alpha value is -1.67. The summed E-state index contributed by atoms with van der Waals surface area (Å²) in [4.78, 5) is 40.7. The van der Waals surface area contributed by atoms with Gasteiger partial charge in [0, 0.05) is 69.1 Å². The highest BCUT2D eigenvalue weighted by molar-refractivity contribution is 7.15. The van der Waals surface area contributed by atoms with Crippen LogP contribution >= 0.6 is 11.3 Å². The van der Waals surface area contributed by atoms with Gasteiger partial charge in [-0.15, -0.1) is 11.3 Å². The van der Waals surface area contributed by atoms with Gasteiger partial charge in [0.15, 0.2) is 5.13 Å². The number of piperazine rings is 2. The molecule has 170 valence electrons. The minimum Gasteiger partial charge on any atom is -0.345 e. The van der Waals surface area contributed by atoms with Crippen LogP contribution in [0.25, 0.3) is 0 Å². The molecule has 5 rings (SSSR count). The van der Waals surface area contributed by atoms with Crippen LogP contribution in [0.2, 0.25) is 0 Å². The van der Waals surface area contributed by atoms with E-state index in [0.29, 0.717) is 11.8 Å². The van der Waals surface area contributed by atoms with E-state index in [9.17, 15) is 9.59 Å². The largest absolute Gasteiger partial charge is 0.345 e. The van der Waals surface area contributed by atoms with Crippen LogP contribution in [0.3, 0.4) is 0 Å². The number of hydrogen-bond acceptors (Lipinski definition) is 6. The molecule has 0 spiro atoms. The molecule has 0 unspecified atom stereocenters. The number of nitrogens with zero attached hydrogens (tertiary/aromatic N) is 5. The summed E-state index contributed by atoms with van der Waals surface area (Å²) in [6, 6.07) is 0. The van der Waals surface area contributed by atoms with Gasteiger partial charge in [-0.2, -0.15) is 0 Å². The van der Waals surface area contributed by atoms with Crippen LogP contribution in [0.15, 0.2) is 0 Å². The zero-order valence-corrected chi connectivity index (χ0v) is 19.5. The van der Waals surface area contributed by atoms with Crippen molar-refractivity contribution in [2.24, 2.45) is 11.8 Å². The molecule has 0 radical (unpaired) electrons. The summed E-state index contributed by atoms with van der Waals surface area (Å²) in [5.74, 6) is 1.12. The SMILES string of the molecule is CCN1CCN(C(=O)[C@H]2CCc3nc(N4CCN(C(=O)C5CCC5)CC4)sc3C2)CC1. The maximum atomic E-state index is 13.1. The molecule has 0 bridgehead atoms. The zero-order chi connectivity index (χ0) is 21.4. The maximum absolute atomic E-state index is 13.1. The van der Waals surface area contributed by atoms with Crippen molar-refractivity contribution in [1.82, 2.24) is 19.7 Å². The number of likely N-dealkylation sites (N-methyl/N-ethyl adjacent to an activating group) is 1. The first-order valence-electron chi connectivity index (χ1n) is 12.2. The number of fused-ring (bicyclic) bond motifs is 1. The van der Waals surface area contributed by atoms with Crippen molar-refractivity contribution in [3.8, 4) is 0 Å². The van der Waals surface area contributed by atoms with Crippen molar-refractivity contribution in [2.45, 2.75) is 45.4 Å². The number of carbonyl (C=O) groups is 2. The van der Waals surface area contributed by atoms with Crippen molar-refractivity contribution in [1.29, 1.82) is 0 Å². The van der Waals surface area contributed by atoms with E-state index in [1.165, 1.54) is 17.0 Å². The summed E-state index contributed by atoms with van der Waals surface area (Å²) in [6.45, 7) is 10.4. The van der Waals surface area contributed by atoms with E-state index in [4.69, 9.17) is 4.98 Å². The number of thiazole rings is 1. The third kappa shape index (κ3) is 4.33. The van der Waals surface area contributed by atoms with Gasteiger partial charge in [0.25, 0.3) is 0 Å². The number of carbonyl (C=O) groups excluding carboxylic acids is 2. The molecule has 4 aliphatic rings. The average molecular weight is 446 g/mol. The molecule has 0 N–H and O–H groups in total. The Morgan fingerprint density at radius 3 is 2.16 bits per heavy atom. The number of aromatic nitrogens is 1. The highest BCUT2D eigenvalue weighted by Gasteiger charge is 2.34. The Morgan fingerprint density at radius 2 is 1.55 bits per heavy atom. The van der Waals surface area contributed by atoms with Crippen molar-refractivity contribution in [3.05, 3.63) is 10.6 Å². The Kier molecular flexibility index (Phi) is 6.19. The topological polar surface area (TPSA) is 60.0 Å². The van der Waals surface area contributed by atoms with E-state index in [1.807, 2.05) is 0 Å². The van der Waals surface area contributed by atoms with Crippen molar-refractivity contribution in [2.75, 3.05) is 63.8 Å². The van der Waals surface area contributed by atoms with E-state index in [1.54, 1.807) is 11.3 Å². The van der Waals surface area contributed by atoms with Crippen molar-refractivity contribution in [3.63, 3.8) is 0 Å². The zero-order valence-electron chi connectivity index (χ0n) is 18.7. The van der Waals surface area contributed by atoms with Gasteiger partial charge in [-0.25, -0.2) is 4.98 Å². The Morgan fingerprint density at radius 1 is 0.903 bits per heavy atom. The first-order valence-corrected chi connectivity index (χ1v) is 13.0. The lowest BCUT2D eigenvalue weighted by atomic mass is 9.84. The van der Waals surface area contributed by atoms with Gasteiger partial charge in [-0.1, -0.05) is 13.3 Å². The molecule has 2 aliphatic heterocycles. The van der Waals surface area contributed by atoms with Crippen molar-refractivity contribution >= 4 is 28.3 Å². The third-order valence-electron chi connectivity index (χ3n) is 7.73. The molecule has 8 heteroatoms. The van der Waals surface area contributed by atoms with Crippen LogP contribution in [0.4, 0.5) is 5.13 Å². The molecular formula is C23H35N5O2S. The predicted molar refractivity (Wildman–Crippen MR) is 122 cm³/mol. The lowest BCUT2D eigenvalue weighted by Crippen LogP contribution is -2.51. The summed E-state index contributed by atoms with van der Waals surface area (Å²) in [5, 5.41) is 1.09. The van der Waals surface area contributed by atoms with Crippen molar-refractivity contribution < 1.29 is 9.59 Å². The molecule has 2 saturated heterocycles. The first kappa shape index (κ1) is 21.2. The van der Waals surface area contributed by atoms with E-state index >= 15 is 0 Å². The number of anilines is 1. The lowest BCUT2D eigenvalue weighted by Gasteiger charge is -2.38. The van der Waals surface area contributed by atoms with E-state index in [0.717, 1.165) is 96.1 Å². The quantitative estimate of drug-likeness (QED) is 0.708. The second kappa shape index (κ2) is 9.06. The van der Waals surface area contributed by atoms with Gasteiger partial charge < -0.3 is 19.6 Å². The molecule has 2 amide bonds. The fraction of sp³-hybridized carbons (Fsp3) is 0.783. The number of rotatable bonds is 4. The van der Waals surface area contributed by atoms with Crippen LogP contribution in [0.1, 0.15) is 43.2 Å². The normalized spacial score (nSPS) is 25.3. The monoisotopic (exact) mass is 445 g/mol. The number of amides is 2. The molecule has 1 saturated carbocycles. The number of hydrogen-bond donors (Lipinski definition) is 0. The maximum Gasteiger partial charge on any atom is 0.226 e. The van der Waals surface area contributed by atoms with Crippen LogP contribution in [-0.4, -0.2) is 90.4 Å². The third-order valence-corrected chi connectivity index (χ3v) is 8.91. The highest BCUT2D eigenvalue weighted by atomic mass is 32.1. The summed E-state index contributed by atoms with van der Waals surface area (Å²) in [7, 11) is 0. The molecule has 3 heterocycles. The molecule has 1 aromatic rings. The van der Waals surface area contributed by atoms with Gasteiger partial charge >= 0.3 is 0 Å². The lowest BCUT2D eigenvalue weighted by molar-refractivity contribution is -0.138.